The molecule has 0 radical (unpaired) electrons. The summed E-state index contributed by atoms with van der Waals surface area (Å²) in [5.74, 6) is 0.636. The van der Waals surface area contributed by atoms with Gasteiger partial charge >= 0.3 is 0 Å². The molecule has 0 saturated carbocycles. The summed E-state index contributed by atoms with van der Waals surface area (Å²) in [7, 11) is 1.69. The molecule has 1 N–H and O–H groups in total. The third-order valence-electron chi connectivity index (χ3n) is 4.43. The Hall–Kier alpha value is -2.21. The summed E-state index contributed by atoms with van der Waals surface area (Å²) in [5.41, 5.74) is 4.48. The van der Waals surface area contributed by atoms with Crippen LogP contribution in [0.25, 0.3) is 11.1 Å². The summed E-state index contributed by atoms with van der Waals surface area (Å²) in [5, 5.41) is 11.0. The van der Waals surface area contributed by atoms with E-state index in [4.69, 9.17) is 4.74 Å². The van der Waals surface area contributed by atoms with Gasteiger partial charge in [0.1, 0.15) is 5.75 Å². The average Bonchev–Trinajstić information content (AvgIpc) is 3.10. The van der Waals surface area contributed by atoms with E-state index in [1.54, 1.807) is 13.3 Å². The van der Waals surface area contributed by atoms with Crippen molar-refractivity contribution in [3.8, 4) is 5.75 Å². The quantitative estimate of drug-likeness (QED) is 0.752. The molecule has 0 spiro atoms. The number of nitrogens with one attached hydrogen (secondary N) is 1. The summed E-state index contributed by atoms with van der Waals surface area (Å²) in [6.45, 7) is 5.83. The minimum absolute atomic E-state index is 0.211. The number of nitrogens with zero attached hydrogens (tertiary/aromatic N) is 2. The first kappa shape index (κ1) is 19.5. The Kier molecular flexibility index (Phi) is 5.65. The minimum atomic E-state index is -0.323. The lowest BCUT2D eigenvalue weighted by Gasteiger charge is -2.20. The van der Waals surface area contributed by atoms with Gasteiger partial charge in [0.15, 0.2) is 5.69 Å². The van der Waals surface area contributed by atoms with Crippen molar-refractivity contribution in [3.05, 3.63) is 51.8 Å². The van der Waals surface area contributed by atoms with Crippen molar-refractivity contribution < 1.29 is 9.53 Å². The molecule has 0 aliphatic heterocycles. The van der Waals surface area contributed by atoms with Crippen molar-refractivity contribution in [1.82, 2.24) is 15.5 Å². The summed E-state index contributed by atoms with van der Waals surface area (Å²) >= 11 is 3.55. The zero-order chi connectivity index (χ0) is 19.6. The second-order valence-corrected chi connectivity index (χ2v) is 8.60. The predicted molar refractivity (Wildman–Crippen MR) is 111 cm³/mol. The molecule has 0 atom stereocenters. The Morgan fingerprint density at radius 3 is 2.63 bits per heavy atom. The van der Waals surface area contributed by atoms with Gasteiger partial charge in [0.05, 0.1) is 13.3 Å². The number of amides is 1. The number of carbonyl (C=O) groups is 1. The summed E-state index contributed by atoms with van der Waals surface area (Å²) in [6.07, 6.45) is 4.70. The number of ether oxygens (including phenoxy) is 1. The topological polar surface area (TPSA) is 64.1 Å². The van der Waals surface area contributed by atoms with Crippen molar-refractivity contribution in [2.24, 2.45) is 0 Å². The zero-order valence-electron chi connectivity index (χ0n) is 16.1. The zero-order valence-corrected chi connectivity index (χ0v) is 17.7. The molecule has 27 heavy (non-hydrogen) atoms. The molecule has 1 aliphatic rings. The molecule has 1 amide bonds. The molecule has 1 heterocycles. The van der Waals surface area contributed by atoms with E-state index in [-0.39, 0.29) is 11.4 Å². The Labute approximate surface area is 168 Å². The van der Waals surface area contributed by atoms with E-state index in [1.807, 2.05) is 39.0 Å². The molecule has 1 aromatic heterocycles. The molecule has 0 bridgehead atoms. The van der Waals surface area contributed by atoms with Crippen molar-refractivity contribution in [2.45, 2.75) is 45.6 Å². The number of hydrogen-bond acceptors (Lipinski definition) is 4. The van der Waals surface area contributed by atoms with Gasteiger partial charge in [-0.25, -0.2) is 0 Å². The number of rotatable bonds is 4. The lowest BCUT2D eigenvalue weighted by atomic mass is 9.97. The van der Waals surface area contributed by atoms with Gasteiger partial charge in [-0.1, -0.05) is 15.9 Å². The Morgan fingerprint density at radius 2 is 1.93 bits per heavy atom. The minimum Gasteiger partial charge on any atom is -0.496 e. The van der Waals surface area contributed by atoms with E-state index < -0.39 is 0 Å². The summed E-state index contributed by atoms with van der Waals surface area (Å²) in [6, 6.07) is 7.86. The molecule has 2 aromatic rings. The van der Waals surface area contributed by atoms with Crippen LogP contribution in [0.2, 0.25) is 0 Å². The second-order valence-electron chi connectivity index (χ2n) is 7.69. The van der Waals surface area contributed by atoms with E-state index in [0.717, 1.165) is 40.6 Å². The van der Waals surface area contributed by atoms with Gasteiger partial charge in [-0.3, -0.25) is 4.79 Å². The molecule has 6 heteroatoms. The van der Waals surface area contributed by atoms with Gasteiger partial charge in [0.25, 0.3) is 5.91 Å². The number of halogens is 1. The van der Waals surface area contributed by atoms with Gasteiger partial charge in [-0.15, -0.1) is 5.10 Å². The third kappa shape index (κ3) is 4.56. The van der Waals surface area contributed by atoms with E-state index in [0.29, 0.717) is 5.69 Å². The van der Waals surface area contributed by atoms with Gasteiger partial charge in [-0.05, 0) is 75.4 Å². The maximum absolute atomic E-state index is 12.5. The number of benzene rings is 1. The van der Waals surface area contributed by atoms with Crippen LogP contribution in [0.4, 0.5) is 0 Å². The molecular formula is C21H24BrN3O2. The molecule has 142 valence electrons. The first-order valence-corrected chi connectivity index (χ1v) is 9.79. The predicted octanol–water partition coefficient (Wildman–Crippen LogP) is 4.87. The molecule has 3 rings (SSSR count). The SMILES string of the molecule is COc1ccc(Br)cc1C1=C(c2cnnc(C(=O)NC(C)(C)C)c2)CCC1. The fourth-order valence-electron chi connectivity index (χ4n) is 3.32. The van der Waals surface area contributed by atoms with Crippen LogP contribution in [0.3, 0.4) is 0 Å². The highest BCUT2D eigenvalue weighted by Crippen LogP contribution is 2.43. The van der Waals surface area contributed by atoms with Crippen molar-refractivity contribution in [3.63, 3.8) is 0 Å². The van der Waals surface area contributed by atoms with Crippen molar-refractivity contribution in [1.29, 1.82) is 0 Å². The smallest absolute Gasteiger partial charge is 0.272 e. The van der Waals surface area contributed by atoms with Crippen molar-refractivity contribution >= 4 is 33.0 Å². The van der Waals surface area contributed by atoms with E-state index in [1.165, 1.54) is 11.1 Å². The number of aromatic nitrogens is 2. The molecule has 0 saturated heterocycles. The molecular weight excluding hydrogens is 406 g/mol. The molecule has 1 aliphatic carbocycles. The highest BCUT2D eigenvalue weighted by molar-refractivity contribution is 9.10. The fraction of sp³-hybridized carbons (Fsp3) is 0.381. The van der Waals surface area contributed by atoms with Crippen LogP contribution in [0.1, 0.15) is 61.6 Å². The van der Waals surface area contributed by atoms with Gasteiger partial charge in [0, 0.05) is 21.1 Å². The number of allylic oxidation sites excluding steroid dienone is 2. The lowest BCUT2D eigenvalue weighted by Crippen LogP contribution is -2.41. The van der Waals surface area contributed by atoms with Crippen LogP contribution in [-0.2, 0) is 0 Å². The Morgan fingerprint density at radius 1 is 1.19 bits per heavy atom. The highest BCUT2D eigenvalue weighted by atomic mass is 79.9. The van der Waals surface area contributed by atoms with E-state index >= 15 is 0 Å². The van der Waals surface area contributed by atoms with E-state index in [2.05, 4.69) is 37.5 Å². The Bertz CT molecular complexity index is 901. The van der Waals surface area contributed by atoms with Gasteiger partial charge in [-0.2, -0.15) is 5.10 Å². The monoisotopic (exact) mass is 429 g/mol. The maximum atomic E-state index is 12.5. The fourth-order valence-corrected chi connectivity index (χ4v) is 3.68. The third-order valence-corrected chi connectivity index (χ3v) is 4.92. The molecule has 0 fully saturated rings. The second kappa shape index (κ2) is 7.80. The molecule has 5 nitrogen and oxygen atoms in total. The number of carbonyl (C=O) groups excluding carboxylic acids is 1. The molecule has 1 aromatic carbocycles. The van der Waals surface area contributed by atoms with Gasteiger partial charge < -0.3 is 10.1 Å². The summed E-state index contributed by atoms with van der Waals surface area (Å²) in [4.78, 5) is 12.5. The highest BCUT2D eigenvalue weighted by Gasteiger charge is 2.23. The Balaban J connectivity index is 2.03. The van der Waals surface area contributed by atoms with Crippen LogP contribution in [0.5, 0.6) is 5.75 Å². The van der Waals surface area contributed by atoms with E-state index in [9.17, 15) is 4.79 Å². The van der Waals surface area contributed by atoms with Crippen LogP contribution in [-0.4, -0.2) is 28.8 Å². The van der Waals surface area contributed by atoms with Gasteiger partial charge in [0.2, 0.25) is 0 Å². The van der Waals surface area contributed by atoms with Crippen LogP contribution in [0, 0.1) is 0 Å². The normalized spacial score (nSPS) is 14.4. The van der Waals surface area contributed by atoms with Crippen LogP contribution >= 0.6 is 15.9 Å². The first-order valence-electron chi connectivity index (χ1n) is 9.00. The molecule has 0 unspecified atom stereocenters. The van der Waals surface area contributed by atoms with Crippen molar-refractivity contribution in [2.75, 3.05) is 7.11 Å². The summed E-state index contributed by atoms with van der Waals surface area (Å²) < 4.78 is 6.58. The number of methoxy groups -OCH3 is 1. The first-order chi connectivity index (χ1) is 12.8. The van der Waals surface area contributed by atoms with Crippen LogP contribution in [0.15, 0.2) is 34.9 Å². The van der Waals surface area contributed by atoms with Crippen LogP contribution < -0.4 is 10.1 Å². The average molecular weight is 430 g/mol. The number of hydrogen-bond donors (Lipinski definition) is 1. The lowest BCUT2D eigenvalue weighted by molar-refractivity contribution is 0.0913. The standard InChI is InChI=1S/C21H24BrN3O2/c1-21(2,3)24-20(26)18-10-13(12-23-25-18)15-6-5-7-16(15)17-11-14(22)8-9-19(17)27-4/h8-12H,5-7H2,1-4H3,(H,24,26). The maximum Gasteiger partial charge on any atom is 0.272 e. The largest absolute Gasteiger partial charge is 0.496 e.